The van der Waals surface area contributed by atoms with E-state index in [1.807, 2.05) is 6.92 Å². The van der Waals surface area contributed by atoms with Crippen molar-refractivity contribution in [2.24, 2.45) is 0 Å². The van der Waals surface area contributed by atoms with Gasteiger partial charge < -0.3 is 15.5 Å². The predicted octanol–water partition coefficient (Wildman–Crippen LogP) is 1.05. The van der Waals surface area contributed by atoms with E-state index >= 15 is 0 Å². The van der Waals surface area contributed by atoms with Gasteiger partial charge in [-0.25, -0.2) is 0 Å². The van der Waals surface area contributed by atoms with Crippen LogP contribution >= 0.6 is 0 Å². The maximum atomic E-state index is 9.44. The topological polar surface area (TPSA) is 55.0 Å². The Morgan fingerprint density at radius 3 is 1.92 bits per heavy atom. The summed E-state index contributed by atoms with van der Waals surface area (Å²) < 4.78 is 0. The Balaban J connectivity index is 0. The van der Waals surface area contributed by atoms with Gasteiger partial charge in [-0.3, -0.25) is 0 Å². The molecule has 0 aromatic carbocycles. The molecule has 0 aliphatic heterocycles. The van der Waals surface area contributed by atoms with Gasteiger partial charge >= 0.3 is 0 Å². The van der Waals surface area contributed by atoms with Crippen molar-refractivity contribution in [2.45, 2.75) is 52.7 Å². The van der Waals surface area contributed by atoms with Crippen LogP contribution in [0.4, 0.5) is 0 Å². The summed E-state index contributed by atoms with van der Waals surface area (Å²) in [6.07, 6.45) is 1.64. The molecular weight excluding hydrogens is 166 g/mol. The lowest BCUT2D eigenvalue weighted by atomic mass is 10.1. The fourth-order valence-corrected chi connectivity index (χ4v) is 1.56. The molecule has 3 N–H and O–H groups in total. The lowest BCUT2D eigenvalue weighted by molar-refractivity contribution is 0.110. The van der Waals surface area contributed by atoms with Gasteiger partial charge in [-0.05, 0) is 32.9 Å². The smallest absolute Gasteiger partial charge is 0.0552 e. The minimum atomic E-state index is -0.124. The lowest BCUT2D eigenvalue weighted by Crippen LogP contribution is -2.35. The second kappa shape index (κ2) is 8.48. The van der Waals surface area contributed by atoms with E-state index < -0.39 is 0 Å². The zero-order valence-corrected chi connectivity index (χ0v) is 9.38. The Bertz CT molecular complexity index is 105. The summed E-state index contributed by atoms with van der Waals surface area (Å²) in [6, 6.07) is 0.509. The van der Waals surface area contributed by atoms with Crippen molar-refractivity contribution in [1.82, 2.24) is 4.90 Å². The van der Waals surface area contributed by atoms with Crippen LogP contribution in [0.2, 0.25) is 0 Å². The van der Waals surface area contributed by atoms with Gasteiger partial charge in [-0.15, -0.1) is 0 Å². The average molecular weight is 191 g/mol. The molecule has 0 radical (unpaired) electrons. The summed E-state index contributed by atoms with van der Waals surface area (Å²) in [4.78, 5) is 2.37. The number of hydrogen-bond donors (Lipinski definition) is 1. The first-order valence-electron chi connectivity index (χ1n) is 5.07. The largest absolute Gasteiger partial charge is 0.412 e. The zero-order valence-electron chi connectivity index (χ0n) is 9.38. The highest BCUT2D eigenvalue weighted by molar-refractivity contribution is 4.68. The van der Waals surface area contributed by atoms with E-state index in [4.69, 9.17) is 0 Å². The first-order chi connectivity index (χ1) is 5.65. The highest BCUT2D eigenvalue weighted by Crippen LogP contribution is 2.08. The minimum absolute atomic E-state index is 0. The summed E-state index contributed by atoms with van der Waals surface area (Å²) in [7, 11) is 0. The molecule has 0 aromatic heterocycles. The minimum Gasteiger partial charge on any atom is -0.412 e. The third-order valence-electron chi connectivity index (χ3n) is 2.52. The molecule has 0 aliphatic carbocycles. The maximum absolute atomic E-state index is 9.44. The van der Waals surface area contributed by atoms with Crippen LogP contribution in [-0.2, 0) is 0 Å². The second-order valence-corrected chi connectivity index (χ2v) is 3.37. The Kier molecular flexibility index (Phi) is 10.0. The third-order valence-corrected chi connectivity index (χ3v) is 2.52. The molecule has 0 bridgehead atoms. The molecule has 0 saturated heterocycles. The van der Waals surface area contributed by atoms with Crippen molar-refractivity contribution >= 4 is 0 Å². The van der Waals surface area contributed by atoms with Gasteiger partial charge in [-0.2, -0.15) is 0 Å². The Labute approximate surface area is 82.1 Å². The highest BCUT2D eigenvalue weighted by atomic mass is 16.3. The number of hydrogen-bond acceptors (Lipinski definition) is 2. The first kappa shape index (κ1) is 15.4. The molecular formula is C10H25NO2. The zero-order chi connectivity index (χ0) is 9.56. The van der Waals surface area contributed by atoms with Crippen molar-refractivity contribution in [1.29, 1.82) is 0 Å². The monoisotopic (exact) mass is 191 g/mol. The number of aliphatic hydroxyl groups is 1. The Morgan fingerprint density at radius 2 is 1.62 bits per heavy atom. The van der Waals surface area contributed by atoms with E-state index in [9.17, 15) is 5.11 Å². The first-order valence-corrected chi connectivity index (χ1v) is 5.07. The highest BCUT2D eigenvalue weighted by Gasteiger charge is 2.13. The van der Waals surface area contributed by atoms with E-state index in [1.165, 1.54) is 0 Å². The van der Waals surface area contributed by atoms with Crippen molar-refractivity contribution in [3.63, 3.8) is 0 Å². The van der Waals surface area contributed by atoms with Gasteiger partial charge in [0.25, 0.3) is 0 Å². The molecule has 0 heterocycles. The standard InChI is InChI=1S/C10H23NO.H2O/c1-5-10(12)8-9(4)11(6-2)7-3;/h9-10,12H,5-8H2,1-4H3;1H2. The van der Waals surface area contributed by atoms with Gasteiger partial charge in [0.1, 0.15) is 0 Å². The van der Waals surface area contributed by atoms with Crippen molar-refractivity contribution < 1.29 is 10.6 Å². The molecule has 82 valence electrons. The van der Waals surface area contributed by atoms with E-state index in [0.717, 1.165) is 25.9 Å². The van der Waals surface area contributed by atoms with Crippen LogP contribution < -0.4 is 0 Å². The van der Waals surface area contributed by atoms with Gasteiger partial charge in [0.2, 0.25) is 0 Å². The normalized spacial score (nSPS) is 15.2. The SMILES string of the molecule is CCC(O)CC(C)N(CC)CC.O. The lowest BCUT2D eigenvalue weighted by Gasteiger charge is -2.27. The van der Waals surface area contributed by atoms with Gasteiger partial charge in [-0.1, -0.05) is 20.8 Å². The summed E-state index contributed by atoms with van der Waals surface area (Å²) in [5, 5.41) is 9.44. The number of rotatable bonds is 6. The summed E-state index contributed by atoms with van der Waals surface area (Å²) >= 11 is 0. The molecule has 0 fully saturated rings. The molecule has 2 unspecified atom stereocenters. The van der Waals surface area contributed by atoms with Gasteiger partial charge in [0.05, 0.1) is 6.10 Å². The fraction of sp³-hybridized carbons (Fsp3) is 1.00. The summed E-state index contributed by atoms with van der Waals surface area (Å²) in [6.45, 7) is 10.7. The van der Waals surface area contributed by atoms with Crippen LogP contribution in [0.3, 0.4) is 0 Å². The molecule has 0 aliphatic rings. The predicted molar refractivity (Wildman–Crippen MR) is 56.9 cm³/mol. The van der Waals surface area contributed by atoms with E-state index in [0.29, 0.717) is 6.04 Å². The van der Waals surface area contributed by atoms with Crippen LogP contribution in [0.15, 0.2) is 0 Å². The molecule has 3 nitrogen and oxygen atoms in total. The van der Waals surface area contributed by atoms with Crippen molar-refractivity contribution in [3.8, 4) is 0 Å². The average Bonchev–Trinajstić information content (AvgIpc) is 2.06. The van der Waals surface area contributed by atoms with Crippen LogP contribution in [0.1, 0.15) is 40.5 Å². The number of aliphatic hydroxyl groups excluding tert-OH is 1. The van der Waals surface area contributed by atoms with E-state index in [2.05, 4.69) is 25.7 Å². The van der Waals surface area contributed by atoms with Gasteiger partial charge in [0, 0.05) is 6.04 Å². The molecule has 3 heteroatoms. The summed E-state index contributed by atoms with van der Waals surface area (Å²) in [5.74, 6) is 0. The van der Waals surface area contributed by atoms with E-state index in [-0.39, 0.29) is 11.6 Å². The van der Waals surface area contributed by atoms with Crippen LogP contribution in [0.25, 0.3) is 0 Å². The van der Waals surface area contributed by atoms with Crippen LogP contribution in [0, 0.1) is 0 Å². The molecule has 0 spiro atoms. The quantitative estimate of drug-likeness (QED) is 0.682. The van der Waals surface area contributed by atoms with E-state index in [1.54, 1.807) is 0 Å². The second-order valence-electron chi connectivity index (χ2n) is 3.37. The molecule has 0 rings (SSSR count). The van der Waals surface area contributed by atoms with Crippen LogP contribution in [-0.4, -0.2) is 40.7 Å². The fourth-order valence-electron chi connectivity index (χ4n) is 1.56. The van der Waals surface area contributed by atoms with Crippen molar-refractivity contribution in [2.75, 3.05) is 13.1 Å². The van der Waals surface area contributed by atoms with Crippen molar-refractivity contribution in [3.05, 3.63) is 0 Å². The Morgan fingerprint density at radius 1 is 1.15 bits per heavy atom. The van der Waals surface area contributed by atoms with Gasteiger partial charge in [0.15, 0.2) is 0 Å². The molecule has 0 amide bonds. The molecule has 0 saturated carbocycles. The molecule has 13 heavy (non-hydrogen) atoms. The summed E-state index contributed by atoms with van der Waals surface area (Å²) in [5.41, 5.74) is 0. The molecule has 0 aromatic rings. The Hall–Kier alpha value is -0.120. The number of nitrogens with zero attached hydrogens (tertiary/aromatic N) is 1. The maximum Gasteiger partial charge on any atom is 0.0552 e. The third kappa shape index (κ3) is 6.02. The van der Waals surface area contributed by atoms with Crippen LogP contribution in [0.5, 0.6) is 0 Å². The molecule has 2 atom stereocenters.